The van der Waals surface area contributed by atoms with Crippen LogP contribution in [0.1, 0.15) is 18.0 Å². The molecule has 1 aliphatic rings. The van der Waals surface area contributed by atoms with Crippen LogP contribution in [-0.2, 0) is 4.79 Å². The quantitative estimate of drug-likeness (QED) is 0.637. The Hall–Kier alpha value is -1.63. The van der Waals surface area contributed by atoms with Crippen LogP contribution in [-0.4, -0.2) is 47.3 Å². The highest BCUT2D eigenvalue weighted by Gasteiger charge is 2.36. The molecule has 0 aromatic heterocycles. The molecule has 150 valence electrons. The molecule has 1 fully saturated rings. The van der Waals surface area contributed by atoms with Gasteiger partial charge in [-0.15, -0.1) is 0 Å². The zero-order chi connectivity index (χ0) is 20.1. The number of halogens is 2. The van der Waals surface area contributed by atoms with Gasteiger partial charge >= 0.3 is 0 Å². The molecule has 5 nitrogen and oxygen atoms in total. The van der Waals surface area contributed by atoms with Gasteiger partial charge in [0.05, 0.1) is 0 Å². The molecule has 2 atom stereocenters. The molecular formula is C21H24Cl2N2O3. The van der Waals surface area contributed by atoms with E-state index in [4.69, 9.17) is 23.2 Å². The fourth-order valence-electron chi connectivity index (χ4n) is 3.79. The van der Waals surface area contributed by atoms with Crippen molar-refractivity contribution in [2.75, 3.05) is 31.6 Å². The Labute approximate surface area is 174 Å². The van der Waals surface area contributed by atoms with E-state index in [1.165, 1.54) is 0 Å². The molecule has 1 saturated heterocycles. The fraction of sp³-hybridized carbons (Fsp3) is 0.381. The molecule has 28 heavy (non-hydrogen) atoms. The number of likely N-dealkylation sites (tertiary alicyclic amines) is 1. The van der Waals surface area contributed by atoms with Gasteiger partial charge in [0.2, 0.25) is 5.91 Å². The van der Waals surface area contributed by atoms with Gasteiger partial charge in [0.15, 0.2) is 0 Å². The van der Waals surface area contributed by atoms with Gasteiger partial charge in [0.25, 0.3) is 0 Å². The summed E-state index contributed by atoms with van der Waals surface area (Å²) in [5, 5.41) is 22.8. The van der Waals surface area contributed by atoms with E-state index in [0.29, 0.717) is 28.8 Å². The summed E-state index contributed by atoms with van der Waals surface area (Å²) in [6, 6.07) is 14.0. The highest BCUT2D eigenvalue weighted by molar-refractivity contribution is 6.35. The van der Waals surface area contributed by atoms with Crippen LogP contribution in [0, 0.1) is 11.8 Å². The van der Waals surface area contributed by atoms with Crippen LogP contribution in [0.2, 0.25) is 10.0 Å². The molecule has 0 radical (unpaired) electrons. The van der Waals surface area contributed by atoms with Crippen LogP contribution < -0.4 is 5.32 Å². The first-order chi connectivity index (χ1) is 13.5. The third-order valence-electron chi connectivity index (χ3n) is 5.25. The summed E-state index contributed by atoms with van der Waals surface area (Å²) >= 11 is 12.1. The summed E-state index contributed by atoms with van der Waals surface area (Å²) in [5.74, 6) is -0.194. The van der Waals surface area contributed by atoms with Crippen LogP contribution in [0.15, 0.2) is 48.5 Å². The van der Waals surface area contributed by atoms with Crippen LogP contribution in [0.25, 0.3) is 0 Å². The zero-order valence-corrected chi connectivity index (χ0v) is 16.9. The van der Waals surface area contributed by atoms with Gasteiger partial charge in [0, 0.05) is 41.4 Å². The largest absolute Gasteiger partial charge is 0.396 e. The topological polar surface area (TPSA) is 72.8 Å². The minimum Gasteiger partial charge on any atom is -0.396 e. The first-order valence-electron chi connectivity index (χ1n) is 9.29. The lowest BCUT2D eigenvalue weighted by atomic mass is 9.93. The van der Waals surface area contributed by atoms with E-state index in [1.54, 1.807) is 18.2 Å². The number of amides is 1. The monoisotopic (exact) mass is 422 g/mol. The molecule has 0 bridgehead atoms. The Morgan fingerprint density at radius 3 is 2.36 bits per heavy atom. The Bertz CT molecular complexity index is 779. The summed E-state index contributed by atoms with van der Waals surface area (Å²) in [5.41, 5.74) is 1.43. The summed E-state index contributed by atoms with van der Waals surface area (Å²) in [6.45, 7) is 1.23. The van der Waals surface area contributed by atoms with Crippen molar-refractivity contribution in [1.29, 1.82) is 0 Å². The van der Waals surface area contributed by atoms with E-state index in [-0.39, 0.29) is 31.0 Å². The third kappa shape index (κ3) is 5.04. The second-order valence-corrected chi connectivity index (χ2v) is 8.00. The van der Waals surface area contributed by atoms with E-state index in [9.17, 15) is 15.0 Å². The minimum absolute atomic E-state index is 0.0573. The maximum Gasteiger partial charge on any atom is 0.246 e. The molecule has 1 aliphatic heterocycles. The van der Waals surface area contributed by atoms with Crippen molar-refractivity contribution in [3.05, 3.63) is 64.1 Å². The molecule has 7 heteroatoms. The predicted octanol–water partition coefficient (Wildman–Crippen LogP) is 3.60. The van der Waals surface area contributed by atoms with Gasteiger partial charge < -0.3 is 15.5 Å². The molecule has 2 aromatic rings. The Balaban J connectivity index is 1.83. The van der Waals surface area contributed by atoms with Crippen LogP contribution in [0.5, 0.6) is 0 Å². The molecule has 2 aromatic carbocycles. The second kappa shape index (κ2) is 9.72. The first kappa shape index (κ1) is 21.1. The molecule has 0 spiro atoms. The molecular weight excluding hydrogens is 399 g/mol. The van der Waals surface area contributed by atoms with E-state index in [2.05, 4.69) is 10.2 Å². The Kier molecular flexibility index (Phi) is 7.32. The normalized spacial score (nSPS) is 18.4. The molecule has 1 amide bonds. The lowest BCUT2D eigenvalue weighted by Gasteiger charge is -2.28. The first-order valence-corrected chi connectivity index (χ1v) is 10.0. The summed E-state index contributed by atoms with van der Waals surface area (Å²) < 4.78 is 0. The molecule has 0 saturated carbocycles. The summed E-state index contributed by atoms with van der Waals surface area (Å²) in [4.78, 5) is 15.3. The maximum atomic E-state index is 13.2. The third-order valence-corrected chi connectivity index (χ3v) is 5.69. The van der Waals surface area contributed by atoms with Gasteiger partial charge in [-0.1, -0.05) is 53.5 Å². The number of hydrogen-bond acceptors (Lipinski definition) is 4. The maximum absolute atomic E-state index is 13.2. The van der Waals surface area contributed by atoms with E-state index >= 15 is 0 Å². The smallest absolute Gasteiger partial charge is 0.246 e. The van der Waals surface area contributed by atoms with Gasteiger partial charge in [-0.2, -0.15) is 0 Å². The van der Waals surface area contributed by atoms with Gasteiger partial charge in [-0.25, -0.2) is 0 Å². The Morgan fingerprint density at radius 1 is 1.11 bits per heavy atom. The van der Waals surface area contributed by atoms with Gasteiger partial charge in [-0.05, 0) is 42.6 Å². The van der Waals surface area contributed by atoms with Crippen molar-refractivity contribution in [2.45, 2.75) is 12.5 Å². The predicted molar refractivity (Wildman–Crippen MR) is 112 cm³/mol. The van der Waals surface area contributed by atoms with Crippen molar-refractivity contribution < 1.29 is 15.0 Å². The van der Waals surface area contributed by atoms with Gasteiger partial charge in [0.1, 0.15) is 6.04 Å². The number of nitrogens with zero attached hydrogens (tertiary/aromatic N) is 1. The lowest BCUT2D eigenvalue weighted by molar-refractivity contribution is -0.121. The van der Waals surface area contributed by atoms with Gasteiger partial charge in [-0.3, -0.25) is 9.69 Å². The number of carbonyl (C=O) groups excluding carboxylic acids is 1. The van der Waals surface area contributed by atoms with Crippen molar-refractivity contribution >= 4 is 34.8 Å². The van der Waals surface area contributed by atoms with Crippen molar-refractivity contribution in [2.24, 2.45) is 11.8 Å². The second-order valence-electron chi connectivity index (χ2n) is 7.13. The van der Waals surface area contributed by atoms with Crippen molar-refractivity contribution in [3.8, 4) is 0 Å². The zero-order valence-electron chi connectivity index (χ0n) is 15.4. The van der Waals surface area contributed by atoms with E-state index in [0.717, 1.165) is 12.0 Å². The summed E-state index contributed by atoms with van der Waals surface area (Å²) in [7, 11) is 0. The molecule has 3 N–H and O–H groups in total. The molecule has 0 unspecified atom stereocenters. The number of hydrogen-bond donors (Lipinski definition) is 3. The standard InChI is InChI=1S/C21H24Cl2N2O3/c22-17-8-18(23)10-19(9-17)24-21(28)20(14-4-2-1-3-5-14)25-7-6-15(11-25)16(12-26)13-27/h1-5,8-10,15-16,20,26-27H,6-7,11-13H2,(H,24,28)/t15-,20-/m1/s1. The molecule has 0 aliphatic carbocycles. The number of aliphatic hydroxyl groups is 2. The van der Waals surface area contributed by atoms with Crippen LogP contribution in [0.4, 0.5) is 5.69 Å². The number of rotatable bonds is 7. The number of aliphatic hydroxyl groups excluding tert-OH is 2. The summed E-state index contributed by atoms with van der Waals surface area (Å²) in [6.07, 6.45) is 0.825. The molecule has 3 rings (SSSR count). The molecule has 1 heterocycles. The lowest BCUT2D eigenvalue weighted by Crippen LogP contribution is -2.37. The SMILES string of the molecule is O=C(Nc1cc(Cl)cc(Cl)c1)[C@@H](c1ccccc1)N1CC[C@@H](C(CO)CO)C1. The van der Waals surface area contributed by atoms with Crippen LogP contribution in [0.3, 0.4) is 0 Å². The van der Waals surface area contributed by atoms with Crippen LogP contribution >= 0.6 is 23.2 Å². The highest BCUT2D eigenvalue weighted by atomic mass is 35.5. The average molecular weight is 423 g/mol. The number of carbonyl (C=O) groups is 1. The van der Waals surface area contributed by atoms with E-state index in [1.807, 2.05) is 30.3 Å². The highest BCUT2D eigenvalue weighted by Crippen LogP contribution is 2.32. The van der Waals surface area contributed by atoms with E-state index < -0.39 is 6.04 Å². The van der Waals surface area contributed by atoms with Crippen molar-refractivity contribution in [3.63, 3.8) is 0 Å². The Morgan fingerprint density at radius 2 is 1.75 bits per heavy atom. The number of anilines is 1. The minimum atomic E-state index is -0.484. The average Bonchev–Trinajstić information content (AvgIpc) is 3.12. The fourth-order valence-corrected chi connectivity index (χ4v) is 4.32. The number of benzene rings is 2. The van der Waals surface area contributed by atoms with Crippen molar-refractivity contribution in [1.82, 2.24) is 4.90 Å². The number of nitrogens with one attached hydrogen (secondary N) is 1.